The number of aromatic nitrogens is 1. The SMILES string of the molecule is CSc1cccc2sc(N(Cc3ccccc3)C(=O)/C=C/c3cccc([N+](=O)[O-])c3)nc12. The lowest BCUT2D eigenvalue weighted by Crippen LogP contribution is -2.28. The Bertz CT molecular complexity index is 1300. The van der Waals surface area contributed by atoms with Crippen molar-refractivity contribution in [3.63, 3.8) is 0 Å². The maximum atomic E-state index is 13.2. The molecular weight excluding hydrogens is 442 g/mol. The first-order chi connectivity index (χ1) is 15.5. The zero-order chi connectivity index (χ0) is 22.5. The Morgan fingerprint density at radius 3 is 2.66 bits per heavy atom. The third-order valence-corrected chi connectivity index (χ3v) is 6.58. The number of para-hydroxylation sites is 1. The van der Waals surface area contributed by atoms with E-state index in [1.807, 2.05) is 54.8 Å². The van der Waals surface area contributed by atoms with Crippen LogP contribution in [0.25, 0.3) is 16.3 Å². The second-order valence-corrected chi connectivity index (χ2v) is 8.76. The van der Waals surface area contributed by atoms with Gasteiger partial charge in [0.05, 0.1) is 21.7 Å². The second kappa shape index (κ2) is 9.76. The van der Waals surface area contributed by atoms with E-state index in [0.29, 0.717) is 17.2 Å². The second-order valence-electron chi connectivity index (χ2n) is 6.90. The molecule has 160 valence electrons. The summed E-state index contributed by atoms with van der Waals surface area (Å²) in [5.74, 6) is -0.245. The molecule has 32 heavy (non-hydrogen) atoms. The van der Waals surface area contributed by atoms with Gasteiger partial charge in [-0.1, -0.05) is 59.9 Å². The smallest absolute Gasteiger partial charge is 0.270 e. The molecule has 0 aliphatic rings. The molecule has 4 rings (SSSR count). The van der Waals surface area contributed by atoms with Crippen LogP contribution in [0.5, 0.6) is 0 Å². The largest absolute Gasteiger partial charge is 0.280 e. The molecule has 0 N–H and O–H groups in total. The molecule has 0 spiro atoms. The number of fused-ring (bicyclic) bond motifs is 1. The number of hydrogen-bond donors (Lipinski definition) is 0. The summed E-state index contributed by atoms with van der Waals surface area (Å²) >= 11 is 3.09. The molecule has 1 aromatic heterocycles. The van der Waals surface area contributed by atoms with Gasteiger partial charge in [0.2, 0.25) is 0 Å². The van der Waals surface area contributed by atoms with Crippen LogP contribution in [-0.2, 0) is 11.3 Å². The monoisotopic (exact) mass is 461 g/mol. The highest BCUT2D eigenvalue weighted by Crippen LogP contribution is 2.34. The van der Waals surface area contributed by atoms with Crippen LogP contribution in [0.15, 0.2) is 83.8 Å². The average Bonchev–Trinajstić information content (AvgIpc) is 3.26. The van der Waals surface area contributed by atoms with Gasteiger partial charge in [0.15, 0.2) is 5.13 Å². The number of anilines is 1. The highest BCUT2D eigenvalue weighted by molar-refractivity contribution is 7.98. The van der Waals surface area contributed by atoms with E-state index in [0.717, 1.165) is 20.7 Å². The molecule has 3 aromatic carbocycles. The number of carbonyl (C=O) groups is 1. The highest BCUT2D eigenvalue weighted by Gasteiger charge is 2.19. The van der Waals surface area contributed by atoms with Crippen molar-refractivity contribution in [2.75, 3.05) is 11.2 Å². The Hall–Kier alpha value is -3.49. The Labute approximate surface area is 193 Å². The van der Waals surface area contributed by atoms with Gasteiger partial charge in [-0.2, -0.15) is 0 Å². The topological polar surface area (TPSA) is 76.3 Å². The minimum absolute atomic E-state index is 0.0171. The Morgan fingerprint density at radius 1 is 1.12 bits per heavy atom. The van der Waals surface area contributed by atoms with E-state index in [9.17, 15) is 14.9 Å². The van der Waals surface area contributed by atoms with Gasteiger partial charge in [-0.15, -0.1) is 11.8 Å². The number of hydrogen-bond acceptors (Lipinski definition) is 6. The third-order valence-electron chi connectivity index (χ3n) is 4.77. The molecule has 0 unspecified atom stereocenters. The van der Waals surface area contributed by atoms with Crippen molar-refractivity contribution in [3.05, 3.63) is 100 Å². The summed E-state index contributed by atoms with van der Waals surface area (Å²) in [6.07, 6.45) is 5.03. The van der Waals surface area contributed by atoms with Crippen LogP contribution in [0, 0.1) is 10.1 Å². The zero-order valence-electron chi connectivity index (χ0n) is 17.2. The van der Waals surface area contributed by atoms with Gasteiger partial charge in [-0.25, -0.2) is 4.98 Å². The lowest BCUT2D eigenvalue weighted by molar-refractivity contribution is -0.384. The first-order valence-electron chi connectivity index (χ1n) is 9.76. The third kappa shape index (κ3) is 4.87. The van der Waals surface area contributed by atoms with Gasteiger partial charge >= 0.3 is 0 Å². The van der Waals surface area contributed by atoms with Gasteiger partial charge in [-0.05, 0) is 35.6 Å². The maximum absolute atomic E-state index is 13.2. The van der Waals surface area contributed by atoms with E-state index >= 15 is 0 Å². The Morgan fingerprint density at radius 2 is 1.91 bits per heavy atom. The first kappa shape index (κ1) is 21.7. The number of nitro benzene ring substituents is 1. The summed E-state index contributed by atoms with van der Waals surface area (Å²) in [4.78, 5) is 31.3. The van der Waals surface area contributed by atoms with Crippen LogP contribution in [0.3, 0.4) is 0 Å². The van der Waals surface area contributed by atoms with Crippen molar-refractivity contribution in [1.82, 2.24) is 4.98 Å². The molecule has 0 bridgehead atoms. The van der Waals surface area contributed by atoms with Crippen LogP contribution in [0.4, 0.5) is 10.8 Å². The van der Waals surface area contributed by atoms with Gasteiger partial charge in [0, 0.05) is 23.1 Å². The number of nitro groups is 1. The van der Waals surface area contributed by atoms with Crippen molar-refractivity contribution in [1.29, 1.82) is 0 Å². The molecule has 4 aromatic rings. The maximum Gasteiger partial charge on any atom is 0.270 e. The number of nitrogens with zero attached hydrogens (tertiary/aromatic N) is 3. The minimum atomic E-state index is -0.453. The number of non-ortho nitro benzene ring substituents is 1. The van der Waals surface area contributed by atoms with Crippen LogP contribution >= 0.6 is 23.1 Å². The van der Waals surface area contributed by atoms with Crippen LogP contribution in [0.2, 0.25) is 0 Å². The number of amides is 1. The summed E-state index contributed by atoms with van der Waals surface area (Å²) < 4.78 is 1.01. The van der Waals surface area contributed by atoms with Crippen LogP contribution < -0.4 is 4.90 Å². The van der Waals surface area contributed by atoms with Gasteiger partial charge in [-0.3, -0.25) is 19.8 Å². The van der Waals surface area contributed by atoms with Gasteiger partial charge in [0.1, 0.15) is 0 Å². The molecule has 0 saturated carbocycles. The van der Waals surface area contributed by atoms with Crippen molar-refractivity contribution in [2.24, 2.45) is 0 Å². The number of thiazole rings is 1. The normalized spacial score (nSPS) is 11.2. The zero-order valence-corrected chi connectivity index (χ0v) is 18.8. The lowest BCUT2D eigenvalue weighted by atomic mass is 10.2. The molecule has 0 aliphatic carbocycles. The summed E-state index contributed by atoms with van der Waals surface area (Å²) in [6, 6.07) is 21.9. The fourth-order valence-corrected chi connectivity index (χ4v) is 4.82. The molecular formula is C24H19N3O3S2. The van der Waals surface area contributed by atoms with Gasteiger partial charge in [0.25, 0.3) is 11.6 Å². The number of carbonyl (C=O) groups excluding carboxylic acids is 1. The quantitative estimate of drug-likeness (QED) is 0.142. The van der Waals surface area contributed by atoms with Gasteiger partial charge < -0.3 is 0 Å². The molecule has 1 heterocycles. The van der Waals surface area contributed by atoms with E-state index in [1.54, 1.807) is 34.9 Å². The number of benzene rings is 3. The summed E-state index contributed by atoms with van der Waals surface area (Å²) in [6.45, 7) is 0.368. The molecule has 8 heteroatoms. The predicted molar refractivity (Wildman–Crippen MR) is 131 cm³/mol. The molecule has 0 radical (unpaired) electrons. The van der Waals surface area contributed by atoms with Crippen molar-refractivity contribution in [3.8, 4) is 0 Å². The summed E-state index contributed by atoms with van der Waals surface area (Å²) in [5, 5.41) is 11.6. The van der Waals surface area contributed by atoms with E-state index in [4.69, 9.17) is 4.98 Å². The Kier molecular flexibility index (Phi) is 6.63. The fraction of sp³-hybridized carbons (Fsp3) is 0.0833. The van der Waals surface area contributed by atoms with Crippen molar-refractivity contribution in [2.45, 2.75) is 11.4 Å². The molecule has 6 nitrogen and oxygen atoms in total. The van der Waals surface area contributed by atoms with E-state index in [2.05, 4.69) is 0 Å². The van der Waals surface area contributed by atoms with E-state index < -0.39 is 4.92 Å². The highest BCUT2D eigenvalue weighted by atomic mass is 32.2. The lowest BCUT2D eigenvalue weighted by Gasteiger charge is -2.18. The summed E-state index contributed by atoms with van der Waals surface area (Å²) in [7, 11) is 0. The van der Waals surface area contributed by atoms with E-state index in [-0.39, 0.29) is 11.6 Å². The molecule has 0 atom stereocenters. The Balaban J connectivity index is 1.69. The minimum Gasteiger partial charge on any atom is -0.280 e. The first-order valence-corrected chi connectivity index (χ1v) is 11.8. The molecule has 1 amide bonds. The van der Waals surface area contributed by atoms with Crippen molar-refractivity contribution >= 4 is 56.1 Å². The number of thioether (sulfide) groups is 1. The van der Waals surface area contributed by atoms with Crippen LogP contribution in [0.1, 0.15) is 11.1 Å². The summed E-state index contributed by atoms with van der Waals surface area (Å²) in [5.41, 5.74) is 2.43. The van der Waals surface area contributed by atoms with Crippen molar-refractivity contribution < 1.29 is 9.72 Å². The van der Waals surface area contributed by atoms with Crippen LogP contribution in [-0.4, -0.2) is 22.1 Å². The number of rotatable bonds is 7. The van der Waals surface area contributed by atoms with E-state index in [1.165, 1.54) is 29.5 Å². The molecule has 0 saturated heterocycles. The fourth-order valence-electron chi connectivity index (χ4n) is 3.20. The molecule has 0 fully saturated rings. The average molecular weight is 462 g/mol. The standard InChI is InChI=1S/C24H19N3O3S2/c1-31-20-11-6-12-21-23(20)25-24(32-21)26(16-18-7-3-2-4-8-18)22(28)14-13-17-9-5-10-19(15-17)27(29)30/h2-15H,16H2,1H3/b14-13+. The predicted octanol–water partition coefficient (Wildman–Crippen LogP) is 6.17. The molecule has 0 aliphatic heterocycles.